The van der Waals surface area contributed by atoms with Crippen molar-refractivity contribution in [2.75, 3.05) is 12.3 Å². The number of anilines is 1. The van der Waals surface area contributed by atoms with Gasteiger partial charge in [-0.2, -0.15) is 4.98 Å². The van der Waals surface area contributed by atoms with Gasteiger partial charge >= 0.3 is 19.5 Å². The molecule has 0 radical (unpaired) electrons. The zero-order valence-corrected chi connectivity index (χ0v) is 24.6. The van der Waals surface area contributed by atoms with Gasteiger partial charge in [0.15, 0.2) is 6.23 Å². The van der Waals surface area contributed by atoms with Crippen LogP contribution in [0, 0.1) is 0 Å². The minimum absolute atomic E-state index is 0.0113. The maximum atomic E-state index is 12.2. The van der Waals surface area contributed by atoms with Gasteiger partial charge in [0.05, 0.1) is 6.61 Å². The van der Waals surface area contributed by atoms with Crippen molar-refractivity contribution >= 4 is 19.6 Å². The standard InChI is InChI=1S/C27H48N3O9P/c1-2-3-4-5-6-7-8-9-10-11-12-13-14-15-16-17-23(31)39-40(35,36)37-20-21-24(32)25(33)26(38-21)30-19-18-22(28)29-27(30)34/h18-19,21,24-26,32-33H,2-17,20H2,1H3,(H,35,36)(H2,28,29,34). The number of rotatable bonds is 21. The molecule has 5 unspecified atom stereocenters. The van der Waals surface area contributed by atoms with Crippen LogP contribution in [0.4, 0.5) is 5.82 Å². The van der Waals surface area contributed by atoms with Gasteiger partial charge in [0.1, 0.15) is 24.1 Å². The first-order chi connectivity index (χ1) is 19.1. The SMILES string of the molecule is CCCCCCCCCCCCCCCCCC(=O)OP(=O)(O)OCC1OC(n2ccc(N)nc2=O)C(O)C1O. The van der Waals surface area contributed by atoms with Crippen LogP contribution in [0.15, 0.2) is 17.1 Å². The molecule has 2 rings (SSSR count). The molecule has 0 saturated carbocycles. The molecule has 230 valence electrons. The number of aliphatic hydroxyl groups excluding tert-OH is 2. The van der Waals surface area contributed by atoms with Crippen LogP contribution in [0.3, 0.4) is 0 Å². The van der Waals surface area contributed by atoms with Crippen molar-refractivity contribution in [1.29, 1.82) is 0 Å². The van der Waals surface area contributed by atoms with Gasteiger partial charge in [-0.15, -0.1) is 0 Å². The summed E-state index contributed by atoms with van der Waals surface area (Å²) >= 11 is 0. The molecule has 40 heavy (non-hydrogen) atoms. The molecule has 5 atom stereocenters. The van der Waals surface area contributed by atoms with Gasteiger partial charge in [0, 0.05) is 12.6 Å². The molecule has 5 N–H and O–H groups in total. The summed E-state index contributed by atoms with van der Waals surface area (Å²) in [5.41, 5.74) is 4.64. The van der Waals surface area contributed by atoms with E-state index in [0.717, 1.165) is 23.8 Å². The second-order valence-corrected chi connectivity index (χ2v) is 11.9. The number of carbonyl (C=O) groups excluding carboxylic acids is 1. The minimum atomic E-state index is -4.76. The first-order valence-electron chi connectivity index (χ1n) is 14.7. The van der Waals surface area contributed by atoms with E-state index in [1.54, 1.807) is 0 Å². The summed E-state index contributed by atoms with van der Waals surface area (Å²) in [4.78, 5) is 37.4. The number of aliphatic hydroxyl groups is 2. The van der Waals surface area contributed by atoms with Crippen molar-refractivity contribution in [2.45, 2.75) is 134 Å². The lowest BCUT2D eigenvalue weighted by Crippen LogP contribution is -2.36. The van der Waals surface area contributed by atoms with Crippen LogP contribution in [0.1, 0.15) is 116 Å². The largest absolute Gasteiger partial charge is 0.529 e. The molecule has 1 aromatic heterocycles. The average molecular weight is 590 g/mol. The fourth-order valence-corrected chi connectivity index (χ4v) is 5.46. The molecule has 0 aromatic carbocycles. The summed E-state index contributed by atoms with van der Waals surface area (Å²) in [6.07, 6.45) is 13.4. The fourth-order valence-electron chi connectivity index (χ4n) is 4.73. The summed E-state index contributed by atoms with van der Waals surface area (Å²) in [6.45, 7) is 1.58. The van der Waals surface area contributed by atoms with Gasteiger partial charge < -0.3 is 25.2 Å². The molecule has 0 aliphatic carbocycles. The molecule has 1 aromatic rings. The number of aromatic nitrogens is 2. The Kier molecular flexibility index (Phi) is 16.0. The number of carbonyl (C=O) groups is 1. The molecule has 0 amide bonds. The molecule has 2 heterocycles. The monoisotopic (exact) mass is 589 g/mol. The Morgan fingerprint density at radius 2 is 1.50 bits per heavy atom. The van der Waals surface area contributed by atoms with Gasteiger partial charge in [0.2, 0.25) is 0 Å². The zero-order valence-electron chi connectivity index (χ0n) is 23.7. The molecule has 12 nitrogen and oxygen atoms in total. The molecule has 13 heteroatoms. The van der Waals surface area contributed by atoms with Gasteiger partial charge in [-0.3, -0.25) is 18.8 Å². The average Bonchev–Trinajstić information content (AvgIpc) is 3.18. The quantitative estimate of drug-likeness (QED) is 0.118. The van der Waals surface area contributed by atoms with Gasteiger partial charge in [-0.05, 0) is 12.5 Å². The second kappa shape index (κ2) is 18.6. The number of unbranched alkanes of at least 4 members (excludes halogenated alkanes) is 14. The van der Waals surface area contributed by atoms with E-state index in [1.807, 2.05) is 0 Å². The first kappa shape index (κ1) is 34.4. The Labute approximate surface area is 236 Å². The van der Waals surface area contributed by atoms with Crippen molar-refractivity contribution in [3.8, 4) is 0 Å². The van der Waals surface area contributed by atoms with Crippen LogP contribution in [0.5, 0.6) is 0 Å². The van der Waals surface area contributed by atoms with Crippen molar-refractivity contribution in [2.24, 2.45) is 0 Å². The van der Waals surface area contributed by atoms with E-state index in [-0.39, 0.29) is 12.2 Å². The molecule has 1 aliphatic rings. The maximum absolute atomic E-state index is 12.2. The van der Waals surface area contributed by atoms with E-state index < -0.39 is 50.6 Å². The third-order valence-corrected chi connectivity index (χ3v) is 7.98. The van der Waals surface area contributed by atoms with Crippen molar-refractivity contribution in [3.63, 3.8) is 0 Å². The van der Waals surface area contributed by atoms with Crippen molar-refractivity contribution in [1.82, 2.24) is 9.55 Å². The number of nitrogens with two attached hydrogens (primary N) is 1. The van der Waals surface area contributed by atoms with Crippen LogP contribution in [-0.4, -0.2) is 55.5 Å². The van der Waals surface area contributed by atoms with E-state index in [9.17, 15) is 29.3 Å². The Hall–Kier alpha value is -1.82. The van der Waals surface area contributed by atoms with Gasteiger partial charge in [-0.1, -0.05) is 96.8 Å². The number of nitrogen functional groups attached to an aromatic ring is 1. The Morgan fingerprint density at radius 1 is 0.975 bits per heavy atom. The maximum Gasteiger partial charge on any atom is 0.529 e. The molecular weight excluding hydrogens is 541 g/mol. The van der Waals surface area contributed by atoms with Crippen LogP contribution in [0.25, 0.3) is 0 Å². The Bertz CT molecular complexity index is 977. The molecular formula is C27H48N3O9P. The number of hydrogen-bond donors (Lipinski definition) is 4. The third kappa shape index (κ3) is 12.8. The highest BCUT2D eigenvalue weighted by atomic mass is 31.2. The Morgan fingerprint density at radius 3 is 2.02 bits per heavy atom. The van der Waals surface area contributed by atoms with E-state index in [1.165, 1.54) is 82.9 Å². The number of ether oxygens (including phenoxy) is 1. The lowest BCUT2D eigenvalue weighted by molar-refractivity contribution is -0.136. The predicted octanol–water partition coefficient (Wildman–Crippen LogP) is 4.37. The number of nitrogens with zero attached hydrogens (tertiary/aromatic N) is 2. The highest BCUT2D eigenvalue weighted by Gasteiger charge is 2.45. The highest BCUT2D eigenvalue weighted by molar-refractivity contribution is 7.48. The fraction of sp³-hybridized carbons (Fsp3) is 0.815. The van der Waals surface area contributed by atoms with E-state index >= 15 is 0 Å². The smallest absolute Gasteiger partial charge is 0.387 e. The number of hydrogen-bond acceptors (Lipinski definition) is 10. The molecule has 1 saturated heterocycles. The third-order valence-electron chi connectivity index (χ3n) is 7.07. The number of phosphoric acid groups is 1. The topological polar surface area (TPSA) is 183 Å². The second-order valence-electron chi connectivity index (χ2n) is 10.5. The van der Waals surface area contributed by atoms with Crippen molar-refractivity contribution < 1.29 is 38.3 Å². The van der Waals surface area contributed by atoms with Crippen LogP contribution >= 0.6 is 7.82 Å². The summed E-state index contributed by atoms with van der Waals surface area (Å²) < 4.78 is 28.0. The molecule has 0 spiro atoms. The minimum Gasteiger partial charge on any atom is -0.387 e. The van der Waals surface area contributed by atoms with E-state index in [0.29, 0.717) is 6.42 Å². The Balaban J connectivity index is 1.54. The van der Waals surface area contributed by atoms with Crippen LogP contribution in [0.2, 0.25) is 0 Å². The summed E-state index contributed by atoms with van der Waals surface area (Å²) in [5.74, 6) is -0.882. The summed E-state index contributed by atoms with van der Waals surface area (Å²) in [7, 11) is -4.76. The lowest BCUT2D eigenvalue weighted by atomic mass is 10.0. The van der Waals surface area contributed by atoms with E-state index in [2.05, 4.69) is 16.4 Å². The lowest BCUT2D eigenvalue weighted by Gasteiger charge is -2.17. The van der Waals surface area contributed by atoms with E-state index in [4.69, 9.17) is 15.0 Å². The van der Waals surface area contributed by atoms with Gasteiger partial charge in [0.25, 0.3) is 0 Å². The molecule has 0 bridgehead atoms. The molecule has 1 fully saturated rings. The predicted molar refractivity (Wildman–Crippen MR) is 150 cm³/mol. The first-order valence-corrected chi connectivity index (χ1v) is 16.2. The van der Waals surface area contributed by atoms with Crippen LogP contribution < -0.4 is 11.4 Å². The normalized spacial score (nSPS) is 22.3. The van der Waals surface area contributed by atoms with Gasteiger partial charge in [-0.25, -0.2) is 9.36 Å². The molecule has 1 aliphatic heterocycles. The summed E-state index contributed by atoms with van der Waals surface area (Å²) in [5, 5.41) is 20.5. The number of phosphoric ester groups is 1. The van der Waals surface area contributed by atoms with Crippen LogP contribution in [-0.2, 0) is 23.1 Å². The van der Waals surface area contributed by atoms with Crippen molar-refractivity contribution in [3.05, 3.63) is 22.7 Å². The summed E-state index contributed by atoms with van der Waals surface area (Å²) in [6, 6.07) is 1.31. The highest BCUT2D eigenvalue weighted by Crippen LogP contribution is 2.45. The zero-order chi connectivity index (χ0) is 29.4.